The predicted molar refractivity (Wildman–Crippen MR) is 97.6 cm³/mol. The second kappa shape index (κ2) is 9.30. The molecular formula is C19H23ClN2O2. The fourth-order valence-electron chi connectivity index (χ4n) is 2.45. The summed E-state index contributed by atoms with van der Waals surface area (Å²) in [5.41, 5.74) is 2.14. The SMILES string of the molecule is COc1ccccc1CCNC(=O)CN[C@H](C)c1cccc(Cl)c1. The Morgan fingerprint density at radius 1 is 1.21 bits per heavy atom. The van der Waals surface area contributed by atoms with Crippen molar-refractivity contribution in [1.82, 2.24) is 10.6 Å². The van der Waals surface area contributed by atoms with E-state index in [1.54, 1.807) is 7.11 Å². The highest BCUT2D eigenvalue weighted by atomic mass is 35.5. The molecule has 0 aliphatic rings. The van der Waals surface area contributed by atoms with E-state index >= 15 is 0 Å². The lowest BCUT2D eigenvalue weighted by atomic mass is 10.1. The second-order valence-electron chi connectivity index (χ2n) is 5.57. The maximum Gasteiger partial charge on any atom is 0.233 e. The molecule has 5 heteroatoms. The molecule has 1 amide bonds. The van der Waals surface area contributed by atoms with E-state index < -0.39 is 0 Å². The molecule has 128 valence electrons. The topological polar surface area (TPSA) is 50.4 Å². The molecule has 0 bridgehead atoms. The minimum atomic E-state index is -0.0289. The lowest BCUT2D eigenvalue weighted by Gasteiger charge is -2.14. The Labute approximate surface area is 148 Å². The molecule has 0 saturated carbocycles. The summed E-state index contributed by atoms with van der Waals surface area (Å²) in [7, 11) is 1.65. The van der Waals surface area contributed by atoms with Crippen molar-refractivity contribution in [2.24, 2.45) is 0 Å². The number of halogens is 1. The third-order valence-electron chi connectivity index (χ3n) is 3.83. The molecule has 4 nitrogen and oxygen atoms in total. The van der Waals surface area contributed by atoms with Crippen molar-refractivity contribution in [2.45, 2.75) is 19.4 Å². The van der Waals surface area contributed by atoms with Crippen molar-refractivity contribution < 1.29 is 9.53 Å². The number of amides is 1. The lowest BCUT2D eigenvalue weighted by molar-refractivity contribution is -0.120. The summed E-state index contributed by atoms with van der Waals surface area (Å²) < 4.78 is 5.30. The molecule has 0 spiro atoms. The molecule has 2 N–H and O–H groups in total. The van der Waals surface area contributed by atoms with Gasteiger partial charge in [-0.15, -0.1) is 0 Å². The van der Waals surface area contributed by atoms with Gasteiger partial charge < -0.3 is 15.4 Å². The highest BCUT2D eigenvalue weighted by molar-refractivity contribution is 6.30. The molecule has 2 aromatic rings. The molecule has 2 aromatic carbocycles. The minimum absolute atomic E-state index is 0.0289. The number of nitrogens with one attached hydrogen (secondary N) is 2. The molecular weight excluding hydrogens is 324 g/mol. The number of para-hydroxylation sites is 1. The number of carbonyl (C=O) groups is 1. The van der Waals surface area contributed by atoms with Crippen molar-refractivity contribution in [1.29, 1.82) is 0 Å². The Morgan fingerprint density at radius 2 is 2.00 bits per heavy atom. The van der Waals surface area contributed by atoms with Crippen molar-refractivity contribution >= 4 is 17.5 Å². The van der Waals surface area contributed by atoms with E-state index in [1.807, 2.05) is 55.5 Å². The summed E-state index contributed by atoms with van der Waals surface area (Å²) in [6.45, 7) is 2.85. The Balaban J connectivity index is 1.73. The van der Waals surface area contributed by atoms with Gasteiger partial charge in [-0.05, 0) is 42.7 Å². The van der Waals surface area contributed by atoms with Crippen LogP contribution in [0, 0.1) is 0 Å². The monoisotopic (exact) mass is 346 g/mol. The summed E-state index contributed by atoms with van der Waals surface area (Å²) in [6, 6.07) is 15.5. The smallest absolute Gasteiger partial charge is 0.233 e. The fraction of sp³-hybridized carbons (Fsp3) is 0.316. The molecule has 0 unspecified atom stereocenters. The van der Waals surface area contributed by atoms with Gasteiger partial charge in [-0.1, -0.05) is 41.9 Å². The van der Waals surface area contributed by atoms with Crippen molar-refractivity contribution in [2.75, 3.05) is 20.2 Å². The van der Waals surface area contributed by atoms with Crippen molar-refractivity contribution in [3.63, 3.8) is 0 Å². The Morgan fingerprint density at radius 3 is 2.75 bits per heavy atom. The maximum atomic E-state index is 12.0. The maximum absolute atomic E-state index is 12.0. The van der Waals surface area contributed by atoms with Crippen LogP contribution in [-0.2, 0) is 11.2 Å². The van der Waals surface area contributed by atoms with Crippen LogP contribution in [0.5, 0.6) is 5.75 Å². The first-order valence-electron chi connectivity index (χ1n) is 7.97. The average Bonchev–Trinajstić information content (AvgIpc) is 2.60. The van der Waals surface area contributed by atoms with Crippen LogP contribution in [0.4, 0.5) is 0 Å². The van der Waals surface area contributed by atoms with Gasteiger partial charge in [-0.2, -0.15) is 0 Å². The van der Waals surface area contributed by atoms with Crippen LogP contribution in [0.15, 0.2) is 48.5 Å². The molecule has 24 heavy (non-hydrogen) atoms. The molecule has 2 rings (SSSR count). The fourth-order valence-corrected chi connectivity index (χ4v) is 2.65. The van der Waals surface area contributed by atoms with E-state index in [0.717, 1.165) is 23.3 Å². The van der Waals surface area contributed by atoms with Gasteiger partial charge in [0, 0.05) is 17.6 Å². The summed E-state index contributed by atoms with van der Waals surface area (Å²) in [4.78, 5) is 12.0. The van der Waals surface area contributed by atoms with Crippen LogP contribution in [0.1, 0.15) is 24.1 Å². The van der Waals surface area contributed by atoms with Gasteiger partial charge in [-0.25, -0.2) is 0 Å². The predicted octanol–water partition coefficient (Wildman–Crippen LogP) is 3.36. The summed E-state index contributed by atoms with van der Waals surface area (Å²) in [5.74, 6) is 0.818. The van der Waals surface area contributed by atoms with Crippen molar-refractivity contribution in [3.05, 3.63) is 64.7 Å². The van der Waals surface area contributed by atoms with Crippen LogP contribution < -0.4 is 15.4 Å². The van der Waals surface area contributed by atoms with Crippen LogP contribution >= 0.6 is 11.6 Å². The summed E-state index contributed by atoms with van der Waals surface area (Å²) >= 11 is 5.99. The molecule has 0 aliphatic carbocycles. The molecule has 0 radical (unpaired) electrons. The van der Waals surface area contributed by atoms with E-state index in [-0.39, 0.29) is 18.5 Å². The van der Waals surface area contributed by atoms with E-state index in [9.17, 15) is 4.79 Å². The van der Waals surface area contributed by atoms with Gasteiger partial charge >= 0.3 is 0 Å². The van der Waals surface area contributed by atoms with Crippen LogP contribution in [-0.4, -0.2) is 26.1 Å². The third kappa shape index (κ3) is 5.55. The van der Waals surface area contributed by atoms with Gasteiger partial charge in [0.1, 0.15) is 5.75 Å². The number of hydrogen-bond acceptors (Lipinski definition) is 3. The molecule has 0 aliphatic heterocycles. The highest BCUT2D eigenvalue weighted by Gasteiger charge is 2.08. The van der Waals surface area contributed by atoms with Gasteiger partial charge in [0.25, 0.3) is 0 Å². The molecule has 0 saturated heterocycles. The zero-order chi connectivity index (χ0) is 17.4. The number of methoxy groups -OCH3 is 1. The molecule has 0 aromatic heterocycles. The van der Waals surface area contributed by atoms with E-state index in [0.29, 0.717) is 11.6 Å². The quantitative estimate of drug-likeness (QED) is 0.770. The largest absolute Gasteiger partial charge is 0.496 e. The minimum Gasteiger partial charge on any atom is -0.496 e. The number of ether oxygens (including phenoxy) is 1. The Kier molecular flexibility index (Phi) is 7.09. The van der Waals surface area contributed by atoms with Gasteiger partial charge in [-0.3, -0.25) is 4.79 Å². The summed E-state index contributed by atoms with van der Waals surface area (Å²) in [6.07, 6.45) is 0.736. The van der Waals surface area contributed by atoms with E-state index in [1.165, 1.54) is 0 Å². The van der Waals surface area contributed by atoms with Crippen molar-refractivity contribution in [3.8, 4) is 5.75 Å². The zero-order valence-corrected chi connectivity index (χ0v) is 14.8. The third-order valence-corrected chi connectivity index (χ3v) is 4.06. The number of rotatable bonds is 8. The summed E-state index contributed by atoms with van der Waals surface area (Å²) in [5, 5.41) is 6.82. The normalized spacial score (nSPS) is 11.8. The van der Waals surface area contributed by atoms with Crippen LogP contribution in [0.25, 0.3) is 0 Å². The molecule has 0 fully saturated rings. The average molecular weight is 347 g/mol. The Hall–Kier alpha value is -2.04. The van der Waals surface area contributed by atoms with Gasteiger partial charge in [0.05, 0.1) is 13.7 Å². The highest BCUT2D eigenvalue weighted by Crippen LogP contribution is 2.18. The number of carbonyl (C=O) groups excluding carboxylic acids is 1. The number of benzene rings is 2. The Bertz CT molecular complexity index is 676. The van der Waals surface area contributed by atoms with E-state index in [4.69, 9.17) is 16.3 Å². The van der Waals surface area contributed by atoms with E-state index in [2.05, 4.69) is 10.6 Å². The van der Waals surface area contributed by atoms with Crippen LogP contribution in [0.2, 0.25) is 5.02 Å². The van der Waals surface area contributed by atoms with Gasteiger partial charge in [0.2, 0.25) is 5.91 Å². The number of hydrogen-bond donors (Lipinski definition) is 2. The first-order valence-corrected chi connectivity index (χ1v) is 8.35. The molecule has 0 heterocycles. The second-order valence-corrected chi connectivity index (χ2v) is 6.01. The lowest BCUT2D eigenvalue weighted by Crippen LogP contribution is -2.36. The zero-order valence-electron chi connectivity index (χ0n) is 14.0. The first kappa shape index (κ1) is 18.3. The van der Waals surface area contributed by atoms with Crippen LogP contribution in [0.3, 0.4) is 0 Å². The standard InChI is InChI=1S/C19H23ClN2O2/c1-14(16-7-5-8-17(20)12-16)22-13-19(23)21-11-10-15-6-3-4-9-18(15)24-2/h3-9,12,14,22H,10-11,13H2,1-2H3,(H,21,23)/t14-/m1/s1. The van der Waals surface area contributed by atoms with Gasteiger partial charge in [0.15, 0.2) is 0 Å². The molecule has 1 atom stereocenters. The first-order chi connectivity index (χ1) is 11.6.